The number of aliphatic imine (C=N–C) groups is 1. The number of rotatable bonds is 4. The van der Waals surface area contributed by atoms with Crippen molar-refractivity contribution < 1.29 is 18.7 Å². The highest BCUT2D eigenvalue weighted by atomic mass is 35.5. The van der Waals surface area contributed by atoms with Crippen LogP contribution in [0.1, 0.15) is 16.1 Å². The molecule has 34 heavy (non-hydrogen) atoms. The summed E-state index contributed by atoms with van der Waals surface area (Å²) in [6, 6.07) is 8.88. The highest BCUT2D eigenvalue weighted by Gasteiger charge is 2.16. The van der Waals surface area contributed by atoms with Gasteiger partial charge in [-0.2, -0.15) is 15.2 Å². The number of carbonyl (C=O) groups excluding carboxylic acids is 1. The van der Waals surface area contributed by atoms with E-state index in [1.165, 1.54) is 35.0 Å². The number of aromatic nitrogens is 4. The van der Waals surface area contributed by atoms with Gasteiger partial charge in [0.05, 0.1) is 17.0 Å². The van der Waals surface area contributed by atoms with E-state index >= 15 is 0 Å². The molecule has 0 atom stereocenters. The van der Waals surface area contributed by atoms with Gasteiger partial charge in [-0.3, -0.25) is 19.9 Å². The highest BCUT2D eigenvalue weighted by Crippen LogP contribution is 2.27. The quantitative estimate of drug-likeness (QED) is 0.254. The molecule has 2 aromatic carbocycles. The Morgan fingerprint density at radius 2 is 2.00 bits per heavy atom. The van der Waals surface area contributed by atoms with E-state index in [1.54, 1.807) is 20.2 Å². The van der Waals surface area contributed by atoms with E-state index < -0.39 is 17.5 Å². The first-order valence-corrected chi connectivity index (χ1v) is 10.2. The summed E-state index contributed by atoms with van der Waals surface area (Å²) >= 11 is 5.93. The van der Waals surface area contributed by atoms with Crippen LogP contribution in [0.4, 0.5) is 20.3 Å². The largest absolute Gasteiger partial charge is 0.508 e. The van der Waals surface area contributed by atoms with E-state index in [1.807, 2.05) is 0 Å². The number of amides is 1. The summed E-state index contributed by atoms with van der Waals surface area (Å²) in [5.41, 5.74) is 1.49. The molecule has 0 saturated heterocycles. The second kappa shape index (κ2) is 9.32. The molecule has 12 heteroatoms. The minimum atomic E-state index is -0.660. The van der Waals surface area contributed by atoms with E-state index in [2.05, 4.69) is 30.9 Å². The Morgan fingerprint density at radius 1 is 1.21 bits per heavy atom. The fourth-order valence-electron chi connectivity index (χ4n) is 3.19. The number of nitrogens with one attached hydrogen (secondary N) is 3. The summed E-state index contributed by atoms with van der Waals surface area (Å²) in [5.74, 6) is -1.97. The van der Waals surface area contributed by atoms with Crippen LogP contribution < -0.4 is 10.6 Å². The average Bonchev–Trinajstić information content (AvgIpc) is 3.32. The third-order valence-corrected chi connectivity index (χ3v) is 4.87. The summed E-state index contributed by atoms with van der Waals surface area (Å²) in [5, 5.41) is 25.8. The van der Waals surface area contributed by atoms with Crippen LogP contribution in [0.25, 0.3) is 11.3 Å². The van der Waals surface area contributed by atoms with E-state index in [0.29, 0.717) is 17.0 Å². The van der Waals surface area contributed by atoms with Gasteiger partial charge >= 0.3 is 0 Å². The summed E-state index contributed by atoms with van der Waals surface area (Å²) in [7, 11) is 1.68. The zero-order valence-electron chi connectivity index (χ0n) is 17.9. The molecule has 0 aliphatic heterocycles. The monoisotopic (exact) mass is 485 g/mol. The summed E-state index contributed by atoms with van der Waals surface area (Å²) in [6.07, 6.45) is 1.54. The van der Waals surface area contributed by atoms with Gasteiger partial charge in [-0.15, -0.1) is 0 Å². The fourth-order valence-corrected chi connectivity index (χ4v) is 3.41. The molecule has 1 amide bonds. The number of hydrogen-bond acceptors (Lipinski definition) is 5. The van der Waals surface area contributed by atoms with Crippen LogP contribution in [0, 0.1) is 18.6 Å². The van der Waals surface area contributed by atoms with Crippen LogP contribution in [0.15, 0.2) is 53.7 Å². The number of aromatic hydroxyl groups is 1. The number of hydrogen-bond donors (Lipinski definition) is 4. The van der Waals surface area contributed by atoms with Crippen molar-refractivity contribution in [1.29, 1.82) is 0 Å². The molecule has 0 unspecified atom stereocenters. The van der Waals surface area contributed by atoms with Gasteiger partial charge in [0.15, 0.2) is 5.82 Å². The molecular weight excluding hydrogens is 468 g/mol. The number of anilines is 1. The number of nitrogens with zero attached hydrogens (tertiary/aromatic N) is 4. The van der Waals surface area contributed by atoms with Crippen LogP contribution in [0.5, 0.6) is 5.75 Å². The fraction of sp³-hybridized carbons (Fsp3) is 0.0909. The third kappa shape index (κ3) is 5.21. The number of carbonyl (C=O) groups is 1. The number of H-pyrrole nitrogens is 1. The van der Waals surface area contributed by atoms with E-state index in [-0.39, 0.29) is 33.8 Å². The molecule has 0 radical (unpaired) electrons. The lowest BCUT2D eigenvalue weighted by Gasteiger charge is -2.11. The van der Waals surface area contributed by atoms with Gasteiger partial charge < -0.3 is 10.4 Å². The van der Waals surface area contributed by atoms with E-state index in [4.69, 9.17) is 11.6 Å². The molecule has 4 rings (SSSR count). The lowest BCUT2D eigenvalue weighted by atomic mass is 10.1. The molecule has 174 valence electrons. The summed E-state index contributed by atoms with van der Waals surface area (Å²) in [4.78, 5) is 17.1. The van der Waals surface area contributed by atoms with Crippen molar-refractivity contribution in [3.8, 4) is 17.0 Å². The molecule has 2 aromatic heterocycles. The minimum Gasteiger partial charge on any atom is -0.508 e. The maximum atomic E-state index is 14.2. The van der Waals surface area contributed by atoms with Gasteiger partial charge in [0.25, 0.3) is 5.91 Å². The second-order valence-electron chi connectivity index (χ2n) is 7.30. The topological polar surface area (TPSA) is 120 Å². The normalized spacial score (nSPS) is 11.5. The number of halogens is 3. The SMILES string of the molecule is Cc1nn(C)cc1C(=O)NC(=Nc1cc(-c2ccc(O)cc2F)[nH]n1)Nc1cc(F)cc(Cl)c1. The molecule has 0 spiro atoms. The van der Waals surface area contributed by atoms with Crippen molar-refractivity contribution in [2.75, 3.05) is 5.32 Å². The minimum absolute atomic E-state index is 0.0841. The summed E-state index contributed by atoms with van der Waals surface area (Å²) < 4.78 is 29.5. The van der Waals surface area contributed by atoms with Crippen LogP contribution in [-0.4, -0.2) is 37.0 Å². The predicted molar refractivity (Wildman–Crippen MR) is 123 cm³/mol. The van der Waals surface area contributed by atoms with Crippen molar-refractivity contribution in [2.24, 2.45) is 12.0 Å². The van der Waals surface area contributed by atoms with Gasteiger partial charge in [0.1, 0.15) is 17.4 Å². The van der Waals surface area contributed by atoms with Crippen molar-refractivity contribution in [2.45, 2.75) is 6.92 Å². The van der Waals surface area contributed by atoms with Gasteiger partial charge in [0.2, 0.25) is 5.96 Å². The number of phenols is 1. The lowest BCUT2D eigenvalue weighted by Crippen LogP contribution is -2.36. The number of aryl methyl sites for hydroxylation is 2. The maximum Gasteiger partial charge on any atom is 0.261 e. The van der Waals surface area contributed by atoms with Crippen LogP contribution in [0.3, 0.4) is 0 Å². The molecule has 4 N–H and O–H groups in total. The maximum absolute atomic E-state index is 14.2. The van der Waals surface area contributed by atoms with Crippen LogP contribution in [0.2, 0.25) is 5.02 Å². The molecule has 4 aromatic rings. The van der Waals surface area contributed by atoms with Crippen LogP contribution >= 0.6 is 11.6 Å². The Balaban J connectivity index is 1.67. The predicted octanol–water partition coefficient (Wildman–Crippen LogP) is 4.29. The third-order valence-electron chi connectivity index (χ3n) is 4.65. The van der Waals surface area contributed by atoms with Crippen molar-refractivity contribution >= 4 is 35.0 Å². The van der Waals surface area contributed by atoms with Crippen molar-refractivity contribution in [3.63, 3.8) is 0 Å². The Bertz CT molecular complexity index is 1390. The molecule has 0 saturated carbocycles. The average molecular weight is 486 g/mol. The molecule has 0 fully saturated rings. The first-order valence-electron chi connectivity index (χ1n) is 9.85. The number of aromatic amines is 1. The Hall–Kier alpha value is -4.25. The van der Waals surface area contributed by atoms with Crippen molar-refractivity contribution in [1.82, 2.24) is 25.3 Å². The highest BCUT2D eigenvalue weighted by molar-refractivity contribution is 6.31. The molecule has 9 nitrogen and oxygen atoms in total. The Labute approximate surface area is 197 Å². The molecule has 0 bridgehead atoms. The smallest absolute Gasteiger partial charge is 0.261 e. The second-order valence-corrected chi connectivity index (χ2v) is 7.74. The Morgan fingerprint density at radius 3 is 2.68 bits per heavy atom. The van der Waals surface area contributed by atoms with E-state index in [0.717, 1.165) is 12.1 Å². The van der Waals surface area contributed by atoms with E-state index in [9.17, 15) is 18.7 Å². The molecule has 0 aliphatic carbocycles. The zero-order valence-corrected chi connectivity index (χ0v) is 18.7. The number of phenolic OH excluding ortho intramolecular Hbond substituents is 1. The Kier molecular flexibility index (Phi) is 6.28. The summed E-state index contributed by atoms with van der Waals surface area (Å²) in [6.45, 7) is 1.68. The molecule has 2 heterocycles. The van der Waals surface area contributed by atoms with Crippen molar-refractivity contribution in [3.05, 3.63) is 76.6 Å². The van der Waals surface area contributed by atoms with Gasteiger partial charge in [-0.1, -0.05) is 11.6 Å². The molecule has 0 aliphatic rings. The standard InChI is InChI=1S/C22H18ClF2N7O2/c1-11-17(10-32(2)31-11)21(34)28-22(26-14-6-12(23)5-13(24)7-14)27-20-9-19(29-30-20)16-4-3-15(33)8-18(16)25/h3-10,33H,1-2H3,(H3,26,27,28,29,30,34). The lowest BCUT2D eigenvalue weighted by molar-refractivity contribution is 0.0976. The number of guanidine groups is 1. The van der Waals surface area contributed by atoms with Gasteiger partial charge in [-0.25, -0.2) is 8.78 Å². The molecular formula is C22H18ClF2N7O2. The van der Waals surface area contributed by atoms with Gasteiger partial charge in [-0.05, 0) is 37.3 Å². The zero-order chi connectivity index (χ0) is 24.4. The van der Waals surface area contributed by atoms with Crippen LogP contribution in [-0.2, 0) is 7.05 Å². The van der Waals surface area contributed by atoms with Gasteiger partial charge in [0, 0.05) is 41.7 Å². The number of benzene rings is 2. The first kappa shape index (κ1) is 22.9. The first-order chi connectivity index (χ1) is 16.2.